The van der Waals surface area contributed by atoms with Crippen molar-refractivity contribution < 1.29 is 19.0 Å². The maximum absolute atomic E-state index is 12.4. The molecule has 0 spiro atoms. The van der Waals surface area contributed by atoms with Gasteiger partial charge in [0, 0.05) is 17.8 Å². The lowest BCUT2D eigenvalue weighted by atomic mass is 10.0. The van der Waals surface area contributed by atoms with Crippen molar-refractivity contribution in [3.8, 4) is 17.2 Å². The lowest BCUT2D eigenvalue weighted by Crippen LogP contribution is -2.45. The van der Waals surface area contributed by atoms with Gasteiger partial charge in [-0.05, 0) is 23.0 Å². The van der Waals surface area contributed by atoms with E-state index in [0.717, 1.165) is 0 Å². The summed E-state index contributed by atoms with van der Waals surface area (Å²) in [6, 6.07) is 3.45. The summed E-state index contributed by atoms with van der Waals surface area (Å²) < 4.78 is 15.9. The predicted molar refractivity (Wildman–Crippen MR) is 105 cm³/mol. The number of hydrogen-bond acceptors (Lipinski definition) is 5. The number of thiocarbonyl (C=S) groups is 1. The normalized spacial score (nSPS) is 17.0. The van der Waals surface area contributed by atoms with Crippen LogP contribution < -0.4 is 30.4 Å². The molecule has 8 heteroatoms. The lowest BCUT2D eigenvalue weighted by Gasteiger charge is -2.16. The molecule has 0 aromatic heterocycles. The molecule has 1 aromatic carbocycles. The Bertz CT molecular complexity index is 679. The number of nitrogens with one attached hydrogen (secondary N) is 3. The van der Waals surface area contributed by atoms with Crippen LogP contribution in [0, 0.1) is 16.7 Å². The van der Waals surface area contributed by atoms with Crippen molar-refractivity contribution in [1.29, 1.82) is 0 Å². The number of hydrogen-bond donors (Lipinski definition) is 3. The molecule has 0 heterocycles. The molecule has 7 nitrogen and oxygen atoms in total. The fraction of sp³-hybridized carbons (Fsp3) is 0.556. The number of anilines is 1. The Hall–Kier alpha value is -2.22. The van der Waals surface area contributed by atoms with Crippen LogP contribution in [0.4, 0.5) is 5.69 Å². The van der Waals surface area contributed by atoms with Gasteiger partial charge in [-0.25, -0.2) is 0 Å². The highest BCUT2D eigenvalue weighted by atomic mass is 32.1. The zero-order valence-corrected chi connectivity index (χ0v) is 17.1. The first kappa shape index (κ1) is 20.1. The molecule has 1 aliphatic carbocycles. The zero-order chi connectivity index (χ0) is 19.7. The Morgan fingerprint density at radius 1 is 0.962 bits per heavy atom. The van der Waals surface area contributed by atoms with Crippen LogP contribution in [0.1, 0.15) is 27.7 Å². The SMILES string of the molecule is COc1cc(NC(=S)NNC(=O)C2C(C)(C)C2(C)C)cc(OC)c1OC. The van der Waals surface area contributed by atoms with Crippen LogP contribution in [-0.4, -0.2) is 32.3 Å². The van der Waals surface area contributed by atoms with E-state index < -0.39 is 0 Å². The van der Waals surface area contributed by atoms with Gasteiger partial charge >= 0.3 is 0 Å². The van der Waals surface area contributed by atoms with E-state index in [1.807, 2.05) is 0 Å². The van der Waals surface area contributed by atoms with Crippen LogP contribution in [0.2, 0.25) is 0 Å². The molecule has 144 valence electrons. The standard InChI is InChI=1S/C18H27N3O4S/c1-17(2)14(18(17,3)4)15(22)20-21-16(26)19-10-8-11(23-5)13(25-7)12(9-10)24-6/h8-9,14H,1-7H3,(H,20,22)(H2,19,21,26). The van der Waals surface area contributed by atoms with E-state index >= 15 is 0 Å². The average Bonchev–Trinajstić information content (AvgIpc) is 3.00. The number of carbonyl (C=O) groups excluding carboxylic acids is 1. The third-order valence-electron chi connectivity index (χ3n) is 5.50. The first-order valence-corrected chi connectivity index (χ1v) is 8.67. The largest absolute Gasteiger partial charge is 0.493 e. The molecule has 0 radical (unpaired) electrons. The molecule has 0 atom stereocenters. The maximum Gasteiger partial charge on any atom is 0.242 e. The van der Waals surface area contributed by atoms with Gasteiger partial charge in [0.15, 0.2) is 16.6 Å². The van der Waals surface area contributed by atoms with Gasteiger partial charge < -0.3 is 19.5 Å². The molecular weight excluding hydrogens is 354 g/mol. The second-order valence-electron chi connectivity index (χ2n) is 7.36. The Kier molecular flexibility index (Phi) is 5.55. The number of ether oxygens (including phenoxy) is 3. The highest BCUT2D eigenvalue weighted by Crippen LogP contribution is 2.68. The Morgan fingerprint density at radius 2 is 1.46 bits per heavy atom. The zero-order valence-electron chi connectivity index (χ0n) is 16.3. The third kappa shape index (κ3) is 3.51. The van der Waals surface area contributed by atoms with E-state index in [-0.39, 0.29) is 27.8 Å². The molecule has 26 heavy (non-hydrogen) atoms. The third-order valence-corrected chi connectivity index (χ3v) is 5.71. The van der Waals surface area contributed by atoms with Gasteiger partial charge in [-0.2, -0.15) is 0 Å². The molecule has 0 unspecified atom stereocenters. The fourth-order valence-corrected chi connectivity index (χ4v) is 3.53. The van der Waals surface area contributed by atoms with E-state index in [0.29, 0.717) is 22.9 Å². The van der Waals surface area contributed by atoms with Gasteiger partial charge in [-0.3, -0.25) is 15.6 Å². The molecule has 0 bridgehead atoms. The summed E-state index contributed by atoms with van der Waals surface area (Å²) in [5.74, 6) is 1.36. The lowest BCUT2D eigenvalue weighted by molar-refractivity contribution is -0.124. The first-order chi connectivity index (χ1) is 12.1. The summed E-state index contributed by atoms with van der Waals surface area (Å²) in [5.41, 5.74) is 5.98. The van der Waals surface area contributed by atoms with E-state index in [9.17, 15) is 4.79 Å². The summed E-state index contributed by atoms with van der Waals surface area (Å²) in [6.45, 7) is 8.35. The van der Waals surface area contributed by atoms with Crippen molar-refractivity contribution in [3.05, 3.63) is 12.1 Å². The van der Waals surface area contributed by atoms with Crippen LogP contribution in [0.25, 0.3) is 0 Å². The molecular formula is C18H27N3O4S. The number of hydrazine groups is 1. The summed E-state index contributed by atoms with van der Waals surface area (Å²) in [5, 5.41) is 3.24. The van der Waals surface area contributed by atoms with Crippen molar-refractivity contribution in [1.82, 2.24) is 10.9 Å². The Labute approximate surface area is 159 Å². The number of rotatable bonds is 5. The van der Waals surface area contributed by atoms with Crippen LogP contribution in [0.15, 0.2) is 12.1 Å². The molecule has 2 rings (SSSR count). The average molecular weight is 381 g/mol. The smallest absolute Gasteiger partial charge is 0.242 e. The summed E-state index contributed by atoms with van der Waals surface area (Å²) >= 11 is 5.25. The fourth-order valence-electron chi connectivity index (χ4n) is 3.36. The van der Waals surface area contributed by atoms with Crippen LogP contribution >= 0.6 is 12.2 Å². The van der Waals surface area contributed by atoms with Gasteiger partial charge in [-0.15, -0.1) is 0 Å². The first-order valence-electron chi connectivity index (χ1n) is 8.27. The molecule has 0 saturated heterocycles. The molecule has 1 aromatic rings. The minimum Gasteiger partial charge on any atom is -0.493 e. The van der Waals surface area contributed by atoms with E-state index in [1.54, 1.807) is 12.1 Å². The predicted octanol–water partition coefficient (Wildman–Crippen LogP) is 2.71. The van der Waals surface area contributed by atoms with Crippen molar-refractivity contribution >= 4 is 28.9 Å². The second kappa shape index (κ2) is 7.19. The number of carbonyl (C=O) groups is 1. The minimum atomic E-state index is -0.0750. The van der Waals surface area contributed by atoms with Crippen molar-refractivity contribution in [2.45, 2.75) is 27.7 Å². The van der Waals surface area contributed by atoms with Gasteiger partial charge in [-0.1, -0.05) is 27.7 Å². The van der Waals surface area contributed by atoms with E-state index in [1.165, 1.54) is 21.3 Å². The molecule has 0 aliphatic heterocycles. The summed E-state index contributed by atoms with van der Waals surface area (Å²) in [6.07, 6.45) is 0. The van der Waals surface area contributed by atoms with Gasteiger partial charge in [0.1, 0.15) is 0 Å². The highest BCUT2D eigenvalue weighted by molar-refractivity contribution is 7.80. The Morgan fingerprint density at radius 3 is 1.85 bits per heavy atom. The summed E-state index contributed by atoms with van der Waals surface area (Å²) in [4.78, 5) is 12.4. The van der Waals surface area contributed by atoms with E-state index in [2.05, 4.69) is 43.9 Å². The van der Waals surface area contributed by atoms with Crippen LogP contribution in [0.3, 0.4) is 0 Å². The number of methoxy groups -OCH3 is 3. The van der Waals surface area contributed by atoms with Crippen molar-refractivity contribution in [2.24, 2.45) is 16.7 Å². The topological polar surface area (TPSA) is 80.9 Å². The minimum absolute atomic E-state index is 0.0372. The number of amides is 1. The molecule has 1 saturated carbocycles. The van der Waals surface area contributed by atoms with Crippen molar-refractivity contribution in [2.75, 3.05) is 26.6 Å². The highest BCUT2D eigenvalue weighted by Gasteiger charge is 2.68. The molecule has 1 amide bonds. The van der Waals surface area contributed by atoms with E-state index in [4.69, 9.17) is 26.4 Å². The van der Waals surface area contributed by atoms with Crippen LogP contribution in [0.5, 0.6) is 17.2 Å². The Balaban J connectivity index is 1.99. The second-order valence-corrected chi connectivity index (χ2v) is 7.77. The monoisotopic (exact) mass is 381 g/mol. The van der Waals surface area contributed by atoms with Crippen LogP contribution in [-0.2, 0) is 4.79 Å². The van der Waals surface area contributed by atoms with Gasteiger partial charge in [0.2, 0.25) is 11.7 Å². The molecule has 1 aliphatic rings. The number of benzene rings is 1. The van der Waals surface area contributed by atoms with Gasteiger partial charge in [0.05, 0.1) is 27.2 Å². The maximum atomic E-state index is 12.4. The summed E-state index contributed by atoms with van der Waals surface area (Å²) in [7, 11) is 4.62. The molecule has 1 fully saturated rings. The molecule has 3 N–H and O–H groups in total. The van der Waals surface area contributed by atoms with Gasteiger partial charge in [0.25, 0.3) is 0 Å². The quantitative estimate of drug-likeness (QED) is 0.534. The van der Waals surface area contributed by atoms with Crippen molar-refractivity contribution in [3.63, 3.8) is 0 Å².